The smallest absolute Gasteiger partial charge is 0.206 e. The summed E-state index contributed by atoms with van der Waals surface area (Å²) >= 11 is -1.61. The maximum absolute atomic E-state index is 11.5. The number of ketones is 1. The molecule has 1 aliphatic heterocycles. The Hall–Kier alpha value is -1.20. The van der Waals surface area contributed by atoms with Crippen molar-refractivity contribution in [3.8, 4) is 0 Å². The average Bonchev–Trinajstić information content (AvgIpc) is 2.53. The summed E-state index contributed by atoms with van der Waals surface area (Å²) in [6, 6.07) is 0. The lowest BCUT2D eigenvalue weighted by molar-refractivity contribution is -0.120. The number of hydrogen-bond donors (Lipinski definition) is 1. The number of carbonyl (C=O) groups is 1. The first-order valence-corrected chi connectivity index (χ1v) is 5.68. The zero-order valence-corrected chi connectivity index (χ0v) is 9.25. The van der Waals surface area contributed by atoms with Gasteiger partial charge in [-0.2, -0.15) is 0 Å². The number of rotatable bonds is 5. The van der Waals surface area contributed by atoms with Crippen LogP contribution in [0.2, 0.25) is 0 Å². The fourth-order valence-electron chi connectivity index (χ4n) is 0.829. The molecule has 0 saturated carbocycles. The molecular weight excluding hydrogens is 214 g/mol. The highest BCUT2D eigenvalue weighted by molar-refractivity contribution is 7.84. The van der Waals surface area contributed by atoms with Crippen LogP contribution in [-0.4, -0.2) is 16.6 Å². The van der Waals surface area contributed by atoms with E-state index in [0.717, 1.165) is 0 Å². The molecule has 0 bridgehead atoms. The van der Waals surface area contributed by atoms with Crippen molar-refractivity contribution in [2.24, 2.45) is 0 Å². The Balaban J connectivity index is 2.46. The van der Waals surface area contributed by atoms with E-state index in [1.807, 2.05) is 0 Å². The van der Waals surface area contributed by atoms with Crippen LogP contribution in [-0.2, 0) is 20.1 Å². The van der Waals surface area contributed by atoms with E-state index in [1.54, 1.807) is 37.4 Å². The zero-order chi connectivity index (χ0) is 11.1. The molecule has 15 heavy (non-hydrogen) atoms. The van der Waals surface area contributed by atoms with Gasteiger partial charge in [-0.3, -0.25) is 8.98 Å². The summed E-state index contributed by atoms with van der Waals surface area (Å²) in [5, 5.41) is 3.24. The van der Waals surface area contributed by atoms with E-state index >= 15 is 0 Å². The van der Waals surface area contributed by atoms with Crippen LogP contribution in [0.3, 0.4) is 0 Å². The summed E-state index contributed by atoms with van der Waals surface area (Å²) in [4.78, 5) is 10.9. The average molecular weight is 227 g/mol. The van der Waals surface area contributed by atoms with Crippen LogP contribution in [0.4, 0.5) is 0 Å². The molecule has 0 fully saturated rings. The van der Waals surface area contributed by atoms with Gasteiger partial charge in [0.05, 0.1) is 0 Å². The molecular formula is C10H13NO3S. The van der Waals surface area contributed by atoms with Crippen LogP contribution < -0.4 is 5.32 Å². The third-order valence-corrected chi connectivity index (χ3v) is 2.64. The van der Waals surface area contributed by atoms with Gasteiger partial charge in [-0.15, -0.1) is 0 Å². The van der Waals surface area contributed by atoms with Gasteiger partial charge >= 0.3 is 0 Å². The van der Waals surface area contributed by atoms with E-state index in [4.69, 9.17) is 4.18 Å². The van der Waals surface area contributed by atoms with Gasteiger partial charge in [0.1, 0.15) is 11.6 Å². The summed E-state index contributed by atoms with van der Waals surface area (Å²) in [5.41, 5.74) is 0. The molecule has 0 aromatic rings. The van der Waals surface area contributed by atoms with Gasteiger partial charge in [0.2, 0.25) is 11.1 Å². The van der Waals surface area contributed by atoms with Crippen LogP contribution in [0.15, 0.2) is 35.5 Å². The Morgan fingerprint density at radius 3 is 3.00 bits per heavy atom. The number of hydrogen-bond acceptors (Lipinski definition) is 4. The monoisotopic (exact) mass is 227 g/mol. The first kappa shape index (κ1) is 11.9. The molecule has 0 amide bonds. The van der Waals surface area contributed by atoms with Gasteiger partial charge in [-0.1, -0.05) is 19.1 Å². The van der Waals surface area contributed by atoms with Gasteiger partial charge in [-0.05, 0) is 12.2 Å². The van der Waals surface area contributed by atoms with Gasteiger partial charge < -0.3 is 5.32 Å². The van der Waals surface area contributed by atoms with Crippen LogP contribution in [0.25, 0.3) is 0 Å². The Morgan fingerprint density at radius 1 is 1.47 bits per heavy atom. The standard InChI is InChI=1S/C10H13NO3S/c1-2-9(12)8-14-15(13)10-6-4-3-5-7-11-10/h3-7,11H,2,8H2,1H3. The lowest BCUT2D eigenvalue weighted by Gasteiger charge is -2.05. The van der Waals surface area contributed by atoms with E-state index in [0.29, 0.717) is 11.4 Å². The summed E-state index contributed by atoms with van der Waals surface area (Å²) in [7, 11) is 0. The molecule has 1 heterocycles. The Labute approximate surface area is 91.4 Å². The second kappa shape index (κ2) is 6.31. The first-order valence-electron chi connectivity index (χ1n) is 4.61. The normalized spacial score (nSPS) is 16.5. The Bertz CT molecular complexity index is 345. The second-order valence-corrected chi connectivity index (χ2v) is 3.95. The minimum atomic E-state index is -1.61. The van der Waals surface area contributed by atoms with E-state index < -0.39 is 11.1 Å². The van der Waals surface area contributed by atoms with Crippen molar-refractivity contribution in [1.29, 1.82) is 0 Å². The summed E-state index contributed by atoms with van der Waals surface area (Å²) in [6.45, 7) is 1.62. The van der Waals surface area contributed by atoms with E-state index in [-0.39, 0.29) is 12.4 Å². The summed E-state index contributed by atoms with van der Waals surface area (Å²) in [6.07, 6.45) is 9.01. The van der Waals surface area contributed by atoms with Crippen LogP contribution in [0.5, 0.6) is 0 Å². The molecule has 5 heteroatoms. The zero-order valence-electron chi connectivity index (χ0n) is 8.43. The number of nitrogens with one attached hydrogen (secondary N) is 1. The largest absolute Gasteiger partial charge is 0.353 e. The van der Waals surface area contributed by atoms with Gasteiger partial charge in [0, 0.05) is 12.6 Å². The summed E-state index contributed by atoms with van der Waals surface area (Å²) in [5.74, 6) is -0.0661. The molecule has 0 spiro atoms. The molecule has 0 radical (unpaired) electrons. The third kappa shape index (κ3) is 4.22. The van der Waals surface area contributed by atoms with E-state index in [9.17, 15) is 9.00 Å². The number of carbonyl (C=O) groups excluding carboxylic acids is 1. The fourth-order valence-corrected chi connectivity index (χ4v) is 1.55. The molecule has 82 valence electrons. The molecule has 1 N–H and O–H groups in total. The maximum atomic E-state index is 11.5. The van der Waals surface area contributed by atoms with Crippen molar-refractivity contribution < 1.29 is 13.2 Å². The van der Waals surface area contributed by atoms with Gasteiger partial charge in [-0.25, -0.2) is 4.21 Å². The summed E-state index contributed by atoms with van der Waals surface area (Å²) < 4.78 is 16.4. The van der Waals surface area contributed by atoms with Crippen molar-refractivity contribution in [2.75, 3.05) is 6.61 Å². The Kier molecular flexibility index (Phi) is 5.00. The van der Waals surface area contributed by atoms with Crippen molar-refractivity contribution in [3.05, 3.63) is 35.5 Å². The number of allylic oxidation sites excluding steroid dienone is 4. The maximum Gasteiger partial charge on any atom is 0.206 e. The highest BCUT2D eigenvalue weighted by atomic mass is 32.2. The van der Waals surface area contributed by atoms with Crippen molar-refractivity contribution >= 4 is 16.9 Å². The molecule has 0 aromatic heterocycles. The van der Waals surface area contributed by atoms with E-state index in [1.165, 1.54) is 0 Å². The fraction of sp³-hybridized carbons (Fsp3) is 0.300. The van der Waals surface area contributed by atoms with E-state index in [2.05, 4.69) is 5.32 Å². The molecule has 0 aliphatic carbocycles. The Morgan fingerprint density at radius 2 is 2.27 bits per heavy atom. The van der Waals surface area contributed by atoms with Gasteiger partial charge in [0.15, 0.2) is 5.78 Å². The lowest BCUT2D eigenvalue weighted by atomic mass is 10.3. The van der Waals surface area contributed by atoms with Crippen molar-refractivity contribution in [1.82, 2.24) is 5.32 Å². The van der Waals surface area contributed by atoms with Gasteiger partial charge in [0.25, 0.3) is 0 Å². The molecule has 1 atom stereocenters. The SMILES string of the molecule is CCC(=O)COS(=O)C1=CC=CC=CN1. The van der Waals surface area contributed by atoms with Crippen LogP contribution in [0, 0.1) is 0 Å². The molecule has 1 rings (SSSR count). The van der Waals surface area contributed by atoms with Crippen LogP contribution >= 0.6 is 0 Å². The molecule has 1 unspecified atom stereocenters. The number of Topliss-reactive ketones (excluding diaryl/α,β-unsaturated/α-hetero) is 1. The quantitative estimate of drug-likeness (QED) is 0.765. The molecule has 4 nitrogen and oxygen atoms in total. The predicted octanol–water partition coefficient (Wildman–Crippen LogP) is 1.16. The highest BCUT2D eigenvalue weighted by Crippen LogP contribution is 2.03. The van der Waals surface area contributed by atoms with Crippen molar-refractivity contribution in [2.45, 2.75) is 13.3 Å². The second-order valence-electron chi connectivity index (χ2n) is 2.81. The minimum Gasteiger partial charge on any atom is -0.353 e. The minimum absolute atomic E-state index is 0.0661. The predicted molar refractivity (Wildman–Crippen MR) is 58.9 cm³/mol. The molecule has 0 saturated heterocycles. The molecule has 0 aromatic carbocycles. The highest BCUT2D eigenvalue weighted by Gasteiger charge is 2.09. The molecule has 1 aliphatic rings. The third-order valence-electron chi connectivity index (χ3n) is 1.69. The lowest BCUT2D eigenvalue weighted by Crippen LogP contribution is -2.15. The first-order chi connectivity index (χ1) is 7.24. The van der Waals surface area contributed by atoms with Crippen LogP contribution in [0.1, 0.15) is 13.3 Å². The topological polar surface area (TPSA) is 55.4 Å². The van der Waals surface area contributed by atoms with Crippen molar-refractivity contribution in [3.63, 3.8) is 0 Å².